The number of piperidine rings is 1. The molecule has 5 nitrogen and oxygen atoms in total. The zero-order chi connectivity index (χ0) is 10.8. The maximum atomic E-state index is 10.9. The number of hydrogen-bond donors (Lipinski definition) is 2. The van der Waals surface area contributed by atoms with Gasteiger partial charge < -0.3 is 14.8 Å². The predicted molar refractivity (Wildman–Crippen MR) is 52.3 cm³/mol. The zero-order valence-corrected chi connectivity index (χ0v) is 8.56. The van der Waals surface area contributed by atoms with Gasteiger partial charge in [-0.1, -0.05) is 0 Å². The molecule has 0 saturated carbocycles. The highest BCUT2D eigenvalue weighted by Gasteiger charge is 2.29. The molecule has 1 saturated heterocycles. The van der Waals surface area contributed by atoms with Crippen LogP contribution in [0.25, 0.3) is 0 Å². The largest absolute Gasteiger partial charge is 0.481 e. The van der Waals surface area contributed by atoms with Gasteiger partial charge in [0.05, 0.1) is 17.7 Å². The van der Waals surface area contributed by atoms with Crippen LogP contribution in [-0.4, -0.2) is 22.6 Å². The third-order valence-electron chi connectivity index (χ3n) is 2.87. The summed E-state index contributed by atoms with van der Waals surface area (Å²) >= 11 is 0. The minimum atomic E-state index is -0.720. The van der Waals surface area contributed by atoms with Crippen LogP contribution in [0.5, 0.6) is 0 Å². The Hall–Kier alpha value is -1.36. The quantitative estimate of drug-likeness (QED) is 0.764. The Labute approximate surface area is 87.5 Å². The summed E-state index contributed by atoms with van der Waals surface area (Å²) in [6.07, 6.45) is 2.67. The summed E-state index contributed by atoms with van der Waals surface area (Å²) in [4.78, 5) is 15.0. The molecule has 0 amide bonds. The number of carboxylic acids is 1. The van der Waals surface area contributed by atoms with Gasteiger partial charge in [0.15, 0.2) is 6.39 Å². The van der Waals surface area contributed by atoms with Crippen molar-refractivity contribution in [2.75, 3.05) is 6.54 Å². The summed E-state index contributed by atoms with van der Waals surface area (Å²) in [5.41, 5.74) is 0.834. The number of rotatable bonds is 2. The van der Waals surface area contributed by atoms with Crippen molar-refractivity contribution in [2.45, 2.75) is 25.8 Å². The molecule has 1 aromatic rings. The van der Waals surface area contributed by atoms with Gasteiger partial charge in [-0.3, -0.25) is 4.79 Å². The first-order chi connectivity index (χ1) is 7.18. The topological polar surface area (TPSA) is 75.4 Å². The summed E-state index contributed by atoms with van der Waals surface area (Å²) < 4.78 is 5.11. The van der Waals surface area contributed by atoms with Crippen LogP contribution in [0, 0.1) is 12.8 Å². The van der Waals surface area contributed by atoms with Crippen molar-refractivity contribution in [3.8, 4) is 0 Å². The molecule has 5 heteroatoms. The van der Waals surface area contributed by atoms with Gasteiger partial charge in [0.1, 0.15) is 5.76 Å². The van der Waals surface area contributed by atoms with E-state index in [1.165, 1.54) is 6.39 Å². The number of oxazole rings is 1. The standard InChI is InChI=1S/C10H14N2O3/c1-6-9(12-5-15-6)8-4-7(10(13)14)2-3-11-8/h5,7-8,11H,2-4H2,1H3,(H,13,14). The molecule has 0 spiro atoms. The molecular formula is C10H14N2O3. The fourth-order valence-corrected chi connectivity index (χ4v) is 2.00. The predicted octanol–water partition coefficient (Wildman–Crippen LogP) is 1.11. The first-order valence-corrected chi connectivity index (χ1v) is 5.04. The van der Waals surface area contributed by atoms with Crippen LogP contribution in [-0.2, 0) is 4.79 Å². The molecule has 2 atom stereocenters. The Bertz CT molecular complexity index is 361. The molecule has 1 aliphatic rings. The van der Waals surface area contributed by atoms with E-state index in [4.69, 9.17) is 9.52 Å². The van der Waals surface area contributed by atoms with Crippen LogP contribution in [0.15, 0.2) is 10.8 Å². The summed E-state index contributed by atoms with van der Waals surface area (Å²) in [7, 11) is 0. The second kappa shape index (κ2) is 4.02. The number of hydrogen-bond acceptors (Lipinski definition) is 4. The third-order valence-corrected chi connectivity index (χ3v) is 2.87. The Morgan fingerprint density at radius 3 is 3.13 bits per heavy atom. The minimum Gasteiger partial charge on any atom is -0.481 e. The fraction of sp³-hybridized carbons (Fsp3) is 0.600. The lowest BCUT2D eigenvalue weighted by Gasteiger charge is -2.26. The molecule has 0 radical (unpaired) electrons. The first kappa shape index (κ1) is 10.2. The first-order valence-electron chi connectivity index (χ1n) is 5.04. The molecule has 2 N–H and O–H groups in total. The van der Waals surface area contributed by atoms with Gasteiger partial charge in [-0.15, -0.1) is 0 Å². The number of aromatic nitrogens is 1. The monoisotopic (exact) mass is 210 g/mol. The number of aliphatic carboxylic acids is 1. The van der Waals surface area contributed by atoms with Gasteiger partial charge in [-0.05, 0) is 26.3 Å². The van der Waals surface area contributed by atoms with Crippen LogP contribution in [0.3, 0.4) is 0 Å². The lowest BCUT2D eigenvalue weighted by atomic mass is 9.91. The molecule has 1 fully saturated rings. The van der Waals surface area contributed by atoms with E-state index in [1.807, 2.05) is 6.92 Å². The third kappa shape index (κ3) is 2.02. The van der Waals surface area contributed by atoms with E-state index in [0.29, 0.717) is 19.4 Å². The Morgan fingerprint density at radius 2 is 2.53 bits per heavy atom. The Balaban J connectivity index is 2.11. The SMILES string of the molecule is Cc1ocnc1C1CC(C(=O)O)CCN1. The van der Waals surface area contributed by atoms with E-state index in [-0.39, 0.29) is 12.0 Å². The summed E-state index contributed by atoms with van der Waals surface area (Å²) in [6, 6.07) is 0.0126. The Kier molecular flexibility index (Phi) is 2.73. The van der Waals surface area contributed by atoms with E-state index < -0.39 is 5.97 Å². The lowest BCUT2D eigenvalue weighted by molar-refractivity contribution is -0.143. The highest BCUT2D eigenvalue weighted by molar-refractivity contribution is 5.70. The lowest BCUT2D eigenvalue weighted by Crippen LogP contribution is -2.35. The minimum absolute atomic E-state index is 0.0126. The van der Waals surface area contributed by atoms with Crippen molar-refractivity contribution in [2.24, 2.45) is 5.92 Å². The molecule has 15 heavy (non-hydrogen) atoms. The van der Waals surface area contributed by atoms with Gasteiger partial charge in [0.25, 0.3) is 0 Å². The van der Waals surface area contributed by atoms with Crippen LogP contribution < -0.4 is 5.32 Å². The van der Waals surface area contributed by atoms with E-state index in [1.54, 1.807) is 0 Å². The van der Waals surface area contributed by atoms with Crippen LogP contribution >= 0.6 is 0 Å². The molecule has 1 aromatic heterocycles. The van der Waals surface area contributed by atoms with E-state index in [2.05, 4.69) is 10.3 Å². The molecule has 2 unspecified atom stereocenters. The number of nitrogens with one attached hydrogen (secondary N) is 1. The summed E-state index contributed by atoms with van der Waals surface area (Å²) in [5.74, 6) is -0.228. The number of carboxylic acid groups (broad SMARTS) is 1. The van der Waals surface area contributed by atoms with Gasteiger partial charge in [-0.25, -0.2) is 4.98 Å². The fourth-order valence-electron chi connectivity index (χ4n) is 2.00. The maximum Gasteiger partial charge on any atom is 0.306 e. The molecule has 2 heterocycles. The molecule has 0 aromatic carbocycles. The number of aryl methyl sites for hydroxylation is 1. The average Bonchev–Trinajstić information content (AvgIpc) is 2.64. The molecule has 0 bridgehead atoms. The van der Waals surface area contributed by atoms with E-state index in [0.717, 1.165) is 11.5 Å². The smallest absolute Gasteiger partial charge is 0.306 e. The van der Waals surface area contributed by atoms with E-state index in [9.17, 15) is 4.79 Å². The van der Waals surface area contributed by atoms with E-state index >= 15 is 0 Å². The number of nitrogens with zero attached hydrogens (tertiary/aromatic N) is 1. The van der Waals surface area contributed by atoms with Gasteiger partial charge in [-0.2, -0.15) is 0 Å². The highest BCUT2D eigenvalue weighted by atomic mass is 16.4. The summed E-state index contributed by atoms with van der Waals surface area (Å²) in [6.45, 7) is 2.56. The van der Waals surface area contributed by atoms with Crippen LogP contribution in [0.1, 0.15) is 30.3 Å². The van der Waals surface area contributed by atoms with Crippen molar-refractivity contribution in [1.29, 1.82) is 0 Å². The van der Waals surface area contributed by atoms with Crippen LogP contribution in [0.2, 0.25) is 0 Å². The molecule has 1 aliphatic heterocycles. The maximum absolute atomic E-state index is 10.9. The molecule has 82 valence electrons. The molecular weight excluding hydrogens is 196 g/mol. The van der Waals surface area contributed by atoms with Crippen molar-refractivity contribution in [3.05, 3.63) is 17.8 Å². The van der Waals surface area contributed by atoms with Crippen molar-refractivity contribution >= 4 is 5.97 Å². The Morgan fingerprint density at radius 1 is 1.73 bits per heavy atom. The van der Waals surface area contributed by atoms with Crippen molar-refractivity contribution in [1.82, 2.24) is 10.3 Å². The normalized spacial score (nSPS) is 26.5. The van der Waals surface area contributed by atoms with Crippen LogP contribution in [0.4, 0.5) is 0 Å². The van der Waals surface area contributed by atoms with Crippen molar-refractivity contribution in [3.63, 3.8) is 0 Å². The molecule has 0 aliphatic carbocycles. The second-order valence-electron chi connectivity index (χ2n) is 3.86. The molecule has 2 rings (SSSR count). The van der Waals surface area contributed by atoms with Gasteiger partial charge in [0, 0.05) is 0 Å². The average molecular weight is 210 g/mol. The summed E-state index contributed by atoms with van der Waals surface area (Å²) in [5, 5.41) is 12.2. The van der Waals surface area contributed by atoms with Gasteiger partial charge in [0.2, 0.25) is 0 Å². The highest BCUT2D eigenvalue weighted by Crippen LogP contribution is 2.28. The van der Waals surface area contributed by atoms with Gasteiger partial charge >= 0.3 is 5.97 Å². The second-order valence-corrected chi connectivity index (χ2v) is 3.86. The number of carbonyl (C=O) groups is 1. The van der Waals surface area contributed by atoms with Crippen molar-refractivity contribution < 1.29 is 14.3 Å². The zero-order valence-electron chi connectivity index (χ0n) is 8.56.